The van der Waals surface area contributed by atoms with Crippen LogP contribution in [0.3, 0.4) is 0 Å². The zero-order chi connectivity index (χ0) is 12.7. The van der Waals surface area contributed by atoms with Gasteiger partial charge in [0.2, 0.25) is 0 Å². The maximum absolute atomic E-state index is 5.37. The van der Waals surface area contributed by atoms with Gasteiger partial charge in [0.25, 0.3) is 0 Å². The molecule has 18 heavy (non-hydrogen) atoms. The molecule has 1 aromatic carbocycles. The summed E-state index contributed by atoms with van der Waals surface area (Å²) in [7, 11) is 3.36. The highest BCUT2D eigenvalue weighted by atomic mass is 79.9. The molecule has 0 bridgehead atoms. The molecule has 0 aliphatic heterocycles. The van der Waals surface area contributed by atoms with Crippen LogP contribution in [0.15, 0.2) is 18.2 Å². The first-order valence-corrected chi connectivity index (χ1v) is 7.50. The van der Waals surface area contributed by atoms with Crippen LogP contribution in [0.4, 0.5) is 0 Å². The van der Waals surface area contributed by atoms with Crippen molar-refractivity contribution in [2.24, 2.45) is 17.8 Å². The Morgan fingerprint density at radius 2 is 1.72 bits per heavy atom. The number of fused-ring (bicyclic) bond motifs is 1. The Morgan fingerprint density at radius 1 is 1.06 bits per heavy atom. The molecule has 3 unspecified atom stereocenters. The van der Waals surface area contributed by atoms with E-state index in [4.69, 9.17) is 9.47 Å². The van der Waals surface area contributed by atoms with Crippen molar-refractivity contribution in [2.45, 2.75) is 24.1 Å². The van der Waals surface area contributed by atoms with Gasteiger partial charge in [0.15, 0.2) is 11.5 Å². The monoisotopic (exact) mass is 310 g/mol. The smallest absolute Gasteiger partial charge is 0.161 e. The van der Waals surface area contributed by atoms with E-state index in [1.165, 1.54) is 24.8 Å². The van der Waals surface area contributed by atoms with E-state index in [9.17, 15) is 0 Å². The molecule has 3 rings (SSSR count). The molecule has 0 radical (unpaired) electrons. The van der Waals surface area contributed by atoms with Crippen LogP contribution in [0.1, 0.15) is 29.7 Å². The van der Waals surface area contributed by atoms with Gasteiger partial charge in [-0.3, -0.25) is 0 Å². The molecule has 2 nitrogen and oxygen atoms in total. The average Bonchev–Trinajstić information content (AvgIpc) is 3.03. The maximum Gasteiger partial charge on any atom is 0.161 e. The number of hydrogen-bond acceptors (Lipinski definition) is 2. The first kappa shape index (κ1) is 12.3. The van der Waals surface area contributed by atoms with E-state index in [0.29, 0.717) is 4.83 Å². The van der Waals surface area contributed by atoms with Gasteiger partial charge in [0.05, 0.1) is 14.2 Å². The predicted octanol–water partition coefficient (Wildman–Crippen LogP) is 4.19. The fraction of sp³-hybridized carbons (Fsp3) is 0.600. The molecule has 0 heterocycles. The minimum absolute atomic E-state index is 0.449. The number of rotatable bonds is 4. The third kappa shape index (κ3) is 2.13. The molecule has 0 amide bonds. The predicted molar refractivity (Wildman–Crippen MR) is 75.5 cm³/mol. The summed E-state index contributed by atoms with van der Waals surface area (Å²) in [4.78, 5) is 0.449. The maximum atomic E-state index is 5.37. The molecule has 0 saturated heterocycles. The van der Waals surface area contributed by atoms with Crippen LogP contribution in [-0.2, 0) is 0 Å². The molecule has 98 valence electrons. The summed E-state index contributed by atoms with van der Waals surface area (Å²) in [5, 5.41) is 0. The second-order valence-corrected chi connectivity index (χ2v) is 6.49. The lowest BCUT2D eigenvalue weighted by Crippen LogP contribution is -2.06. The topological polar surface area (TPSA) is 18.5 Å². The Bertz CT molecular complexity index is 436. The van der Waals surface area contributed by atoms with E-state index in [1.807, 2.05) is 6.07 Å². The molecule has 0 aromatic heterocycles. The van der Waals surface area contributed by atoms with Crippen LogP contribution in [-0.4, -0.2) is 14.2 Å². The molecular weight excluding hydrogens is 292 g/mol. The van der Waals surface area contributed by atoms with Crippen molar-refractivity contribution in [3.63, 3.8) is 0 Å². The molecule has 2 fully saturated rings. The Hall–Kier alpha value is -0.700. The zero-order valence-electron chi connectivity index (χ0n) is 10.9. The Balaban J connectivity index is 1.78. The Morgan fingerprint density at radius 3 is 2.33 bits per heavy atom. The summed E-state index contributed by atoms with van der Waals surface area (Å²) in [6.45, 7) is 0. The largest absolute Gasteiger partial charge is 0.493 e. The highest BCUT2D eigenvalue weighted by Crippen LogP contribution is 2.58. The van der Waals surface area contributed by atoms with Crippen molar-refractivity contribution in [3.05, 3.63) is 23.8 Å². The van der Waals surface area contributed by atoms with Crippen LogP contribution in [0.25, 0.3) is 0 Å². The van der Waals surface area contributed by atoms with Crippen LogP contribution >= 0.6 is 15.9 Å². The Kier molecular flexibility index (Phi) is 3.27. The van der Waals surface area contributed by atoms with E-state index in [2.05, 4.69) is 28.1 Å². The second-order valence-electron chi connectivity index (χ2n) is 5.50. The fourth-order valence-corrected chi connectivity index (χ4v) is 4.01. The van der Waals surface area contributed by atoms with Crippen molar-refractivity contribution < 1.29 is 9.47 Å². The van der Waals surface area contributed by atoms with Gasteiger partial charge in [-0.25, -0.2) is 0 Å². The number of ether oxygens (including phenoxy) is 2. The van der Waals surface area contributed by atoms with Gasteiger partial charge in [0, 0.05) is 4.83 Å². The summed E-state index contributed by atoms with van der Waals surface area (Å²) in [6.07, 6.45) is 4.24. The molecule has 2 aliphatic rings. The number of alkyl halides is 1. The molecule has 0 spiro atoms. The van der Waals surface area contributed by atoms with Crippen LogP contribution < -0.4 is 9.47 Å². The van der Waals surface area contributed by atoms with Gasteiger partial charge in [-0.2, -0.15) is 0 Å². The third-order valence-corrected chi connectivity index (χ3v) is 5.70. The molecule has 3 heteroatoms. The lowest BCUT2D eigenvalue weighted by atomic mass is 9.94. The van der Waals surface area contributed by atoms with Gasteiger partial charge in [-0.15, -0.1) is 0 Å². The highest BCUT2D eigenvalue weighted by Gasteiger charge is 2.47. The number of benzene rings is 1. The normalized spacial score (nSPS) is 30.7. The van der Waals surface area contributed by atoms with Gasteiger partial charge >= 0.3 is 0 Å². The Labute approximate surface area is 117 Å². The summed E-state index contributed by atoms with van der Waals surface area (Å²) >= 11 is 3.87. The lowest BCUT2D eigenvalue weighted by molar-refractivity contribution is 0.354. The lowest BCUT2D eigenvalue weighted by Gasteiger charge is -2.20. The third-order valence-electron chi connectivity index (χ3n) is 4.42. The quantitative estimate of drug-likeness (QED) is 0.776. The van der Waals surface area contributed by atoms with Crippen molar-refractivity contribution >= 4 is 15.9 Å². The van der Waals surface area contributed by atoms with E-state index in [0.717, 1.165) is 29.3 Å². The first-order valence-electron chi connectivity index (χ1n) is 6.59. The summed E-state index contributed by atoms with van der Waals surface area (Å²) in [6, 6.07) is 6.24. The first-order chi connectivity index (χ1) is 8.72. The zero-order valence-corrected chi connectivity index (χ0v) is 12.4. The van der Waals surface area contributed by atoms with Gasteiger partial charge < -0.3 is 9.47 Å². The molecule has 1 aromatic rings. The molecule has 3 atom stereocenters. The van der Waals surface area contributed by atoms with Gasteiger partial charge in [-0.05, 0) is 54.7 Å². The van der Waals surface area contributed by atoms with E-state index in [-0.39, 0.29) is 0 Å². The van der Waals surface area contributed by atoms with Gasteiger partial charge in [0.1, 0.15) is 0 Å². The summed E-state index contributed by atoms with van der Waals surface area (Å²) in [5.41, 5.74) is 1.30. The van der Waals surface area contributed by atoms with Crippen molar-refractivity contribution in [1.82, 2.24) is 0 Å². The number of halogens is 1. The van der Waals surface area contributed by atoms with Crippen molar-refractivity contribution in [3.8, 4) is 11.5 Å². The van der Waals surface area contributed by atoms with Crippen LogP contribution in [0.5, 0.6) is 11.5 Å². The average molecular weight is 311 g/mol. The van der Waals surface area contributed by atoms with Crippen LogP contribution in [0, 0.1) is 17.8 Å². The molecule has 2 saturated carbocycles. The van der Waals surface area contributed by atoms with Crippen molar-refractivity contribution in [2.75, 3.05) is 14.2 Å². The number of methoxy groups -OCH3 is 2. The highest BCUT2D eigenvalue weighted by molar-refractivity contribution is 9.09. The van der Waals surface area contributed by atoms with Crippen LogP contribution in [0.2, 0.25) is 0 Å². The minimum Gasteiger partial charge on any atom is -0.493 e. The van der Waals surface area contributed by atoms with Crippen molar-refractivity contribution in [1.29, 1.82) is 0 Å². The molecule has 2 aliphatic carbocycles. The molecular formula is C15H19BrO2. The van der Waals surface area contributed by atoms with E-state index >= 15 is 0 Å². The van der Waals surface area contributed by atoms with E-state index < -0.39 is 0 Å². The summed E-state index contributed by atoms with van der Waals surface area (Å²) in [5.74, 6) is 4.45. The minimum atomic E-state index is 0.449. The standard InChI is InChI=1S/C15H19BrO2/c1-17-13-4-3-9(8-14(13)18-2)15(16)12-6-10-5-11(10)7-12/h3-4,8,10-12,15H,5-7H2,1-2H3. The van der Waals surface area contributed by atoms with E-state index in [1.54, 1.807) is 14.2 Å². The number of hydrogen-bond donors (Lipinski definition) is 0. The SMILES string of the molecule is COc1ccc(C(Br)C2CC3CC3C2)cc1OC. The van der Waals surface area contributed by atoms with Gasteiger partial charge in [-0.1, -0.05) is 22.0 Å². The second kappa shape index (κ2) is 4.76. The summed E-state index contributed by atoms with van der Waals surface area (Å²) < 4.78 is 10.7. The fourth-order valence-electron chi connectivity index (χ4n) is 3.30. The molecule has 0 N–H and O–H groups in total.